The van der Waals surface area contributed by atoms with Crippen molar-refractivity contribution in [1.29, 1.82) is 0 Å². The van der Waals surface area contributed by atoms with Crippen LogP contribution >= 0.6 is 27.3 Å². The van der Waals surface area contributed by atoms with E-state index in [1.165, 1.54) is 18.4 Å². The lowest BCUT2D eigenvalue weighted by molar-refractivity contribution is -0.139. The zero-order chi connectivity index (χ0) is 16.8. The number of hydrogen-bond acceptors (Lipinski definition) is 5. The third-order valence-electron chi connectivity index (χ3n) is 2.82. The lowest BCUT2D eigenvalue weighted by atomic mass is 10.2. The van der Waals surface area contributed by atoms with Gasteiger partial charge in [-0.2, -0.15) is 0 Å². The van der Waals surface area contributed by atoms with Gasteiger partial charge in [0.05, 0.1) is 15.8 Å². The Balaban J connectivity index is 1.95. The largest absolute Gasteiger partial charge is 0.468 e. The van der Waals surface area contributed by atoms with Gasteiger partial charge in [-0.15, -0.1) is 11.3 Å². The first-order chi connectivity index (χ1) is 11.0. The fourth-order valence-electron chi connectivity index (χ4n) is 1.66. The molecule has 0 bridgehead atoms. The van der Waals surface area contributed by atoms with Crippen LogP contribution in [0.3, 0.4) is 0 Å². The maximum atomic E-state index is 12.0. The summed E-state index contributed by atoms with van der Waals surface area (Å²) in [5.41, 5.74) is 0.954. The Bertz CT molecular complexity index is 727. The van der Waals surface area contributed by atoms with Gasteiger partial charge in [-0.25, -0.2) is 0 Å². The van der Waals surface area contributed by atoms with E-state index >= 15 is 0 Å². The van der Waals surface area contributed by atoms with Crippen LogP contribution in [-0.4, -0.2) is 31.4 Å². The second kappa shape index (κ2) is 7.89. The van der Waals surface area contributed by atoms with Crippen LogP contribution in [0.5, 0.6) is 0 Å². The minimum absolute atomic E-state index is 0.193. The van der Waals surface area contributed by atoms with Gasteiger partial charge in [0, 0.05) is 11.3 Å². The Labute approximate surface area is 145 Å². The van der Waals surface area contributed by atoms with Crippen LogP contribution in [-0.2, 0) is 9.53 Å². The van der Waals surface area contributed by atoms with Gasteiger partial charge in [0.2, 0.25) is 0 Å². The standard InChI is InChI=1S/C15H13BrN2O4S/c1-22-13(19)8-17-14(20)9-2-4-10(5-3-9)18-15(21)11-6-7-12(16)23-11/h2-7H,8H2,1H3,(H,17,20)(H,18,21). The van der Waals surface area contributed by atoms with Crippen molar-refractivity contribution in [3.8, 4) is 0 Å². The number of methoxy groups -OCH3 is 1. The summed E-state index contributed by atoms with van der Waals surface area (Å²) in [6.07, 6.45) is 0. The number of carbonyl (C=O) groups is 3. The van der Waals surface area contributed by atoms with Crippen molar-refractivity contribution >= 4 is 50.7 Å². The minimum atomic E-state index is -0.524. The maximum absolute atomic E-state index is 12.0. The smallest absolute Gasteiger partial charge is 0.325 e. The van der Waals surface area contributed by atoms with Crippen LogP contribution < -0.4 is 10.6 Å². The molecule has 2 aromatic rings. The molecule has 0 fully saturated rings. The molecule has 0 saturated heterocycles. The molecular formula is C15H13BrN2O4S. The van der Waals surface area contributed by atoms with Crippen molar-refractivity contribution in [2.75, 3.05) is 19.0 Å². The predicted molar refractivity (Wildman–Crippen MR) is 90.8 cm³/mol. The number of esters is 1. The Morgan fingerprint density at radius 3 is 2.35 bits per heavy atom. The number of amides is 2. The van der Waals surface area contributed by atoms with Gasteiger partial charge in [-0.05, 0) is 52.3 Å². The highest BCUT2D eigenvalue weighted by molar-refractivity contribution is 9.11. The number of hydrogen-bond donors (Lipinski definition) is 2. The van der Waals surface area contributed by atoms with E-state index in [0.717, 1.165) is 3.79 Å². The van der Waals surface area contributed by atoms with E-state index < -0.39 is 11.9 Å². The molecule has 0 unspecified atom stereocenters. The molecular weight excluding hydrogens is 384 g/mol. The summed E-state index contributed by atoms with van der Waals surface area (Å²) in [6.45, 7) is -0.193. The van der Waals surface area contributed by atoms with Crippen molar-refractivity contribution < 1.29 is 19.1 Å². The normalized spacial score (nSPS) is 10.0. The van der Waals surface area contributed by atoms with Crippen molar-refractivity contribution in [1.82, 2.24) is 5.32 Å². The molecule has 0 atom stereocenters. The summed E-state index contributed by atoms with van der Waals surface area (Å²) < 4.78 is 5.31. The number of rotatable bonds is 5. The average Bonchev–Trinajstić information content (AvgIpc) is 2.99. The number of nitrogens with one attached hydrogen (secondary N) is 2. The fraction of sp³-hybridized carbons (Fsp3) is 0.133. The molecule has 1 heterocycles. The van der Waals surface area contributed by atoms with E-state index in [-0.39, 0.29) is 12.5 Å². The zero-order valence-electron chi connectivity index (χ0n) is 12.1. The quantitative estimate of drug-likeness (QED) is 0.760. The molecule has 6 nitrogen and oxygen atoms in total. The second-order valence-corrected chi connectivity index (χ2v) is 6.86. The molecule has 0 radical (unpaired) electrons. The molecule has 2 amide bonds. The maximum Gasteiger partial charge on any atom is 0.325 e. The van der Waals surface area contributed by atoms with Crippen molar-refractivity contribution in [2.24, 2.45) is 0 Å². The zero-order valence-corrected chi connectivity index (χ0v) is 14.5. The third-order valence-corrected chi connectivity index (χ3v) is 4.45. The summed E-state index contributed by atoms with van der Waals surface area (Å²) in [6, 6.07) is 9.88. The first-order valence-electron chi connectivity index (χ1n) is 6.51. The van der Waals surface area contributed by atoms with E-state index in [2.05, 4.69) is 31.3 Å². The van der Waals surface area contributed by atoms with Crippen LogP contribution in [0.4, 0.5) is 5.69 Å². The Hall–Kier alpha value is -2.19. The van der Waals surface area contributed by atoms with Gasteiger partial charge < -0.3 is 15.4 Å². The first-order valence-corrected chi connectivity index (χ1v) is 8.12. The predicted octanol–water partition coefficient (Wildman–Crippen LogP) is 2.67. The SMILES string of the molecule is COC(=O)CNC(=O)c1ccc(NC(=O)c2ccc(Br)s2)cc1. The molecule has 2 N–H and O–H groups in total. The highest BCUT2D eigenvalue weighted by Gasteiger charge is 2.10. The summed E-state index contributed by atoms with van der Waals surface area (Å²) in [5.74, 6) is -1.14. The number of ether oxygens (including phenoxy) is 1. The number of halogens is 1. The van der Waals surface area contributed by atoms with Gasteiger partial charge in [0.25, 0.3) is 11.8 Å². The van der Waals surface area contributed by atoms with Crippen LogP contribution in [0, 0.1) is 0 Å². The van der Waals surface area contributed by atoms with Gasteiger partial charge in [0.1, 0.15) is 6.54 Å². The van der Waals surface area contributed by atoms with E-state index in [9.17, 15) is 14.4 Å². The van der Waals surface area contributed by atoms with E-state index in [1.807, 2.05) is 0 Å². The first kappa shape index (κ1) is 17.2. The van der Waals surface area contributed by atoms with Crippen LogP contribution in [0.1, 0.15) is 20.0 Å². The second-order valence-electron chi connectivity index (χ2n) is 4.39. The molecule has 2 rings (SSSR count). The van der Waals surface area contributed by atoms with Gasteiger partial charge in [-0.1, -0.05) is 0 Å². The molecule has 1 aromatic heterocycles. The number of benzene rings is 1. The van der Waals surface area contributed by atoms with E-state index in [1.54, 1.807) is 36.4 Å². The van der Waals surface area contributed by atoms with E-state index in [0.29, 0.717) is 16.1 Å². The Morgan fingerprint density at radius 1 is 1.09 bits per heavy atom. The molecule has 120 valence electrons. The lowest BCUT2D eigenvalue weighted by Crippen LogP contribution is -2.30. The molecule has 0 saturated carbocycles. The average molecular weight is 397 g/mol. The topological polar surface area (TPSA) is 84.5 Å². The minimum Gasteiger partial charge on any atom is -0.468 e. The molecule has 0 spiro atoms. The monoisotopic (exact) mass is 396 g/mol. The number of anilines is 1. The molecule has 0 aliphatic rings. The third kappa shape index (κ3) is 4.90. The van der Waals surface area contributed by atoms with Crippen LogP contribution in [0.15, 0.2) is 40.2 Å². The molecule has 0 aliphatic heterocycles. The van der Waals surface area contributed by atoms with Crippen molar-refractivity contribution in [3.63, 3.8) is 0 Å². The number of thiophene rings is 1. The van der Waals surface area contributed by atoms with Gasteiger partial charge in [0.15, 0.2) is 0 Å². The van der Waals surface area contributed by atoms with E-state index in [4.69, 9.17) is 0 Å². The summed E-state index contributed by atoms with van der Waals surface area (Å²) in [4.78, 5) is 35.4. The molecule has 23 heavy (non-hydrogen) atoms. The molecule has 0 aliphatic carbocycles. The molecule has 8 heteroatoms. The highest BCUT2D eigenvalue weighted by atomic mass is 79.9. The lowest BCUT2D eigenvalue weighted by Gasteiger charge is -2.06. The Kier molecular flexibility index (Phi) is 5.89. The molecule has 1 aromatic carbocycles. The fourth-order valence-corrected chi connectivity index (χ4v) is 2.94. The van der Waals surface area contributed by atoms with Crippen molar-refractivity contribution in [3.05, 3.63) is 50.6 Å². The van der Waals surface area contributed by atoms with Crippen LogP contribution in [0.25, 0.3) is 0 Å². The van der Waals surface area contributed by atoms with Gasteiger partial charge >= 0.3 is 5.97 Å². The van der Waals surface area contributed by atoms with Crippen LogP contribution in [0.2, 0.25) is 0 Å². The summed E-state index contributed by atoms with van der Waals surface area (Å²) >= 11 is 4.63. The summed E-state index contributed by atoms with van der Waals surface area (Å²) in [5, 5.41) is 5.18. The highest BCUT2D eigenvalue weighted by Crippen LogP contribution is 2.23. The Morgan fingerprint density at radius 2 is 1.78 bits per heavy atom. The summed E-state index contributed by atoms with van der Waals surface area (Å²) in [7, 11) is 1.25. The van der Waals surface area contributed by atoms with Gasteiger partial charge in [-0.3, -0.25) is 14.4 Å². The number of carbonyl (C=O) groups excluding carboxylic acids is 3. The van der Waals surface area contributed by atoms with Crippen molar-refractivity contribution in [2.45, 2.75) is 0 Å².